The second kappa shape index (κ2) is 10.9. The molecule has 8 aromatic carbocycles. The molecule has 5 aliphatic rings. The number of nitrogens with zero attached hydrogens (tertiary/aromatic N) is 1. The lowest BCUT2D eigenvalue weighted by Crippen LogP contribution is -2.23. The van der Waals surface area contributed by atoms with Crippen molar-refractivity contribution in [1.82, 2.24) is 0 Å². The zero-order valence-corrected chi connectivity index (χ0v) is 35.9. The van der Waals surface area contributed by atoms with E-state index in [0.29, 0.717) is 0 Å². The zero-order chi connectivity index (χ0) is 40.8. The van der Waals surface area contributed by atoms with Gasteiger partial charge in [0.1, 0.15) is 0 Å². The van der Waals surface area contributed by atoms with Gasteiger partial charge in [0.25, 0.3) is 0 Å². The van der Waals surface area contributed by atoms with Crippen molar-refractivity contribution in [3.63, 3.8) is 0 Å². The Morgan fingerprint density at radius 3 is 1.20 bits per heavy atom. The van der Waals surface area contributed by atoms with Crippen LogP contribution in [0.15, 0.2) is 140 Å². The highest BCUT2D eigenvalue weighted by molar-refractivity contribution is 6.11. The summed E-state index contributed by atoms with van der Waals surface area (Å²) in [7, 11) is 0. The molecule has 0 aromatic heterocycles. The van der Waals surface area contributed by atoms with Gasteiger partial charge in [-0.15, -0.1) is 0 Å². The Labute approximate surface area is 354 Å². The summed E-state index contributed by atoms with van der Waals surface area (Å²) >= 11 is 0. The van der Waals surface area contributed by atoms with E-state index >= 15 is 0 Å². The fourth-order valence-electron chi connectivity index (χ4n) is 12.8. The van der Waals surface area contributed by atoms with Gasteiger partial charge < -0.3 is 4.90 Å². The van der Waals surface area contributed by atoms with E-state index in [-0.39, 0.29) is 21.7 Å². The van der Waals surface area contributed by atoms with Gasteiger partial charge in [0.05, 0.1) is 17.1 Å². The summed E-state index contributed by atoms with van der Waals surface area (Å²) in [5, 5.41) is 2.63. The molecule has 1 nitrogen and oxygen atoms in total. The summed E-state index contributed by atoms with van der Waals surface area (Å²) < 4.78 is 0. The molecule has 0 atom stereocenters. The molecule has 0 N–H and O–H groups in total. The van der Waals surface area contributed by atoms with Crippen LogP contribution in [0.2, 0.25) is 0 Å². The van der Waals surface area contributed by atoms with E-state index in [9.17, 15) is 0 Å². The average Bonchev–Trinajstić information content (AvgIpc) is 3.80. The monoisotopic (exact) mass is 771 g/mol. The van der Waals surface area contributed by atoms with Crippen molar-refractivity contribution in [2.75, 3.05) is 4.90 Å². The van der Waals surface area contributed by atoms with Gasteiger partial charge >= 0.3 is 0 Å². The van der Waals surface area contributed by atoms with Crippen molar-refractivity contribution in [3.05, 3.63) is 195 Å². The number of anilines is 3. The van der Waals surface area contributed by atoms with E-state index in [1.54, 1.807) is 0 Å². The Morgan fingerprint density at radius 2 is 0.683 bits per heavy atom. The first-order chi connectivity index (χ1) is 28.8. The molecule has 4 aliphatic carbocycles. The van der Waals surface area contributed by atoms with Gasteiger partial charge in [0, 0.05) is 33.5 Å². The van der Waals surface area contributed by atoms with Crippen LogP contribution in [0, 0.1) is 0 Å². The van der Waals surface area contributed by atoms with Gasteiger partial charge in [-0.1, -0.05) is 152 Å². The molecule has 8 aromatic rings. The predicted octanol–water partition coefficient (Wildman–Crippen LogP) is 15.4. The summed E-state index contributed by atoms with van der Waals surface area (Å²) in [4.78, 5) is 2.69. The van der Waals surface area contributed by atoms with Crippen LogP contribution in [0.5, 0.6) is 0 Å². The van der Waals surface area contributed by atoms with Crippen LogP contribution in [0.25, 0.3) is 55.3 Å². The molecule has 0 radical (unpaired) electrons. The van der Waals surface area contributed by atoms with Crippen LogP contribution in [0.4, 0.5) is 17.1 Å². The molecule has 13 rings (SSSR count). The highest BCUT2D eigenvalue weighted by Gasteiger charge is 2.45. The Morgan fingerprint density at radius 1 is 0.317 bits per heavy atom. The SMILES string of the molecule is CC1(C)c2ccccc2-c2cc3c(cc21)-c1c(cc(N2c4cc5c(cc4Cc4cc6c(cc42)C(C)(C)c2ccccc2-6)-c2ccccc2C5(C)C)c2ccccc12)C3(C)C. The molecule has 1 heteroatoms. The molecule has 0 unspecified atom stereocenters. The minimum Gasteiger partial charge on any atom is -0.309 e. The molecule has 0 amide bonds. The molecule has 290 valence electrons. The van der Waals surface area contributed by atoms with E-state index < -0.39 is 0 Å². The number of hydrogen-bond donors (Lipinski definition) is 0. The molecule has 60 heavy (non-hydrogen) atoms. The van der Waals surface area contributed by atoms with Gasteiger partial charge in [-0.05, 0) is 148 Å². The number of hydrogen-bond acceptors (Lipinski definition) is 1. The summed E-state index contributed by atoms with van der Waals surface area (Å²) in [5.74, 6) is 0. The average molecular weight is 772 g/mol. The van der Waals surface area contributed by atoms with Gasteiger partial charge in [-0.3, -0.25) is 0 Å². The highest BCUT2D eigenvalue weighted by atomic mass is 15.2. The minimum atomic E-state index is -0.204. The third-order valence-corrected chi connectivity index (χ3v) is 16.0. The van der Waals surface area contributed by atoms with Gasteiger partial charge in [-0.2, -0.15) is 0 Å². The molecular formula is C59H49N. The van der Waals surface area contributed by atoms with E-state index in [1.807, 2.05) is 0 Å². The number of benzene rings is 8. The highest BCUT2D eigenvalue weighted by Crippen LogP contribution is 2.61. The molecule has 0 spiro atoms. The minimum absolute atomic E-state index is 0.0633. The number of fused-ring (bicyclic) bond motifs is 16. The quantitative estimate of drug-likeness (QED) is 0.161. The summed E-state index contributed by atoms with van der Waals surface area (Å²) in [6, 6.07) is 54.5. The van der Waals surface area contributed by atoms with Crippen LogP contribution in [0.1, 0.15) is 111 Å². The van der Waals surface area contributed by atoms with E-state index in [0.717, 1.165) is 6.42 Å². The van der Waals surface area contributed by atoms with Crippen LogP contribution in [-0.4, -0.2) is 0 Å². The molecule has 0 bridgehead atoms. The molecule has 1 aliphatic heterocycles. The van der Waals surface area contributed by atoms with Crippen molar-refractivity contribution < 1.29 is 0 Å². The summed E-state index contributed by atoms with van der Waals surface area (Å²) in [5.41, 5.74) is 28.7. The third-order valence-electron chi connectivity index (χ3n) is 16.0. The molecule has 0 saturated carbocycles. The topological polar surface area (TPSA) is 3.24 Å². The molecule has 0 saturated heterocycles. The smallest absolute Gasteiger partial charge is 0.0543 e. The lowest BCUT2D eigenvalue weighted by Gasteiger charge is -2.37. The fourth-order valence-corrected chi connectivity index (χ4v) is 12.8. The maximum absolute atomic E-state index is 2.69. The van der Waals surface area contributed by atoms with Crippen molar-refractivity contribution >= 4 is 27.8 Å². The van der Waals surface area contributed by atoms with Crippen LogP contribution in [-0.2, 0) is 28.1 Å². The van der Waals surface area contributed by atoms with Crippen LogP contribution >= 0.6 is 0 Å². The van der Waals surface area contributed by atoms with Crippen molar-refractivity contribution in [2.24, 2.45) is 0 Å². The third kappa shape index (κ3) is 4.05. The Balaban J connectivity index is 1.10. The van der Waals surface area contributed by atoms with E-state index in [4.69, 9.17) is 0 Å². The number of rotatable bonds is 1. The van der Waals surface area contributed by atoms with Crippen molar-refractivity contribution in [3.8, 4) is 44.5 Å². The first-order valence-electron chi connectivity index (χ1n) is 22.0. The van der Waals surface area contributed by atoms with Crippen LogP contribution < -0.4 is 4.90 Å². The van der Waals surface area contributed by atoms with Gasteiger partial charge in [-0.25, -0.2) is 0 Å². The van der Waals surface area contributed by atoms with Crippen molar-refractivity contribution in [2.45, 2.75) is 83.5 Å². The molecular weight excluding hydrogens is 723 g/mol. The Bertz CT molecular complexity index is 3180. The van der Waals surface area contributed by atoms with Crippen LogP contribution in [0.3, 0.4) is 0 Å². The molecule has 0 fully saturated rings. The predicted molar refractivity (Wildman–Crippen MR) is 252 cm³/mol. The maximum Gasteiger partial charge on any atom is 0.0543 e. The molecule has 1 heterocycles. The Hall–Kier alpha value is -6.18. The second-order valence-corrected chi connectivity index (χ2v) is 20.5. The fraction of sp³-hybridized carbons (Fsp3) is 0.220. The first-order valence-corrected chi connectivity index (χ1v) is 22.0. The first kappa shape index (κ1) is 34.7. The summed E-state index contributed by atoms with van der Waals surface area (Å²) in [6.45, 7) is 19.4. The second-order valence-electron chi connectivity index (χ2n) is 20.5. The maximum atomic E-state index is 2.69. The standard InChI is InChI=1S/C59H49N/c1-56(2)46-24-16-13-19-37(46)42-28-48-43(29-47(42)56)55-39-21-10-9-20-38(39)54(32-51(55)59(48,7)8)60-52-30-49-40(35-17-11-14-22-44(35)57(49,3)4)26-33(52)25-34-27-41-36-18-12-15-23-45(36)58(5,6)50(41)31-53(34)60/h9-24,26-32H,25H2,1-8H3. The zero-order valence-electron chi connectivity index (χ0n) is 35.9. The van der Waals surface area contributed by atoms with E-state index in [2.05, 4.69) is 200 Å². The van der Waals surface area contributed by atoms with Gasteiger partial charge in [0.15, 0.2) is 0 Å². The lowest BCUT2D eigenvalue weighted by atomic mass is 9.79. The van der Waals surface area contributed by atoms with E-state index in [1.165, 1.54) is 128 Å². The summed E-state index contributed by atoms with van der Waals surface area (Å²) in [6.07, 6.45) is 0.898. The normalized spacial score (nSPS) is 17.8. The van der Waals surface area contributed by atoms with Gasteiger partial charge in [0.2, 0.25) is 0 Å². The Kier molecular flexibility index (Phi) is 6.32. The van der Waals surface area contributed by atoms with Crippen molar-refractivity contribution in [1.29, 1.82) is 0 Å². The lowest BCUT2D eigenvalue weighted by molar-refractivity contribution is 0.652. The largest absolute Gasteiger partial charge is 0.309 e.